The Morgan fingerprint density at radius 3 is 2.12 bits per heavy atom. The van der Waals surface area contributed by atoms with Crippen LogP contribution < -0.4 is 0 Å². The first-order valence-electron chi connectivity index (χ1n) is 5.44. The number of carbonyl (C=O) groups is 1. The average Bonchev–Trinajstić information content (AvgIpc) is 2.25. The molecule has 96 valence electrons. The van der Waals surface area contributed by atoms with Crippen molar-refractivity contribution in [3.05, 3.63) is 12.2 Å². The highest BCUT2D eigenvalue weighted by Gasteiger charge is 2.04. The maximum absolute atomic E-state index is 9.60. The van der Waals surface area contributed by atoms with Crippen molar-refractivity contribution >= 4 is 5.97 Å². The van der Waals surface area contributed by atoms with Crippen molar-refractivity contribution in [3.8, 4) is 0 Å². The Kier molecular flexibility index (Phi) is 11.7. The molecule has 0 spiro atoms. The SMILES string of the molecule is C=C(C)C(=O)O.CCC(O)CCC(C)OC. The van der Waals surface area contributed by atoms with Gasteiger partial charge in [-0.15, -0.1) is 0 Å². The van der Waals surface area contributed by atoms with Crippen LogP contribution in [0.25, 0.3) is 0 Å². The van der Waals surface area contributed by atoms with Crippen molar-refractivity contribution in [1.29, 1.82) is 0 Å². The monoisotopic (exact) mass is 232 g/mol. The maximum Gasteiger partial charge on any atom is 0.330 e. The van der Waals surface area contributed by atoms with Crippen LogP contribution in [0.1, 0.15) is 40.0 Å². The first kappa shape index (κ1) is 17.5. The van der Waals surface area contributed by atoms with Gasteiger partial charge in [-0.25, -0.2) is 4.79 Å². The zero-order valence-electron chi connectivity index (χ0n) is 10.7. The van der Waals surface area contributed by atoms with E-state index < -0.39 is 5.97 Å². The summed E-state index contributed by atoms with van der Waals surface area (Å²) < 4.78 is 5.03. The van der Waals surface area contributed by atoms with E-state index in [1.165, 1.54) is 6.92 Å². The number of hydrogen-bond donors (Lipinski definition) is 2. The highest BCUT2D eigenvalue weighted by atomic mass is 16.5. The Morgan fingerprint density at radius 2 is 1.88 bits per heavy atom. The van der Waals surface area contributed by atoms with Gasteiger partial charge in [-0.05, 0) is 33.1 Å². The number of ether oxygens (including phenoxy) is 1. The van der Waals surface area contributed by atoms with Crippen LogP contribution in [0.2, 0.25) is 0 Å². The van der Waals surface area contributed by atoms with E-state index >= 15 is 0 Å². The first-order chi connectivity index (χ1) is 7.34. The van der Waals surface area contributed by atoms with Gasteiger partial charge < -0.3 is 14.9 Å². The predicted octanol–water partition coefficient (Wildman–Crippen LogP) is 2.22. The summed E-state index contributed by atoms with van der Waals surface area (Å²) in [5.41, 5.74) is 0.176. The van der Waals surface area contributed by atoms with E-state index in [1.807, 2.05) is 13.8 Å². The van der Waals surface area contributed by atoms with Crippen molar-refractivity contribution in [2.45, 2.75) is 52.2 Å². The zero-order chi connectivity index (χ0) is 13.1. The molecule has 16 heavy (non-hydrogen) atoms. The molecule has 0 aromatic carbocycles. The number of carboxylic acids is 1. The van der Waals surface area contributed by atoms with Crippen LogP contribution in [0, 0.1) is 0 Å². The third kappa shape index (κ3) is 13.1. The van der Waals surface area contributed by atoms with Gasteiger partial charge in [0.1, 0.15) is 0 Å². The Labute approximate surface area is 97.9 Å². The molecule has 0 fully saturated rings. The molecule has 2 N–H and O–H groups in total. The number of aliphatic hydroxyl groups excluding tert-OH is 1. The summed E-state index contributed by atoms with van der Waals surface area (Å²) in [6.07, 6.45) is 2.78. The average molecular weight is 232 g/mol. The van der Waals surface area contributed by atoms with E-state index in [1.54, 1.807) is 7.11 Å². The van der Waals surface area contributed by atoms with Crippen LogP contribution in [-0.2, 0) is 9.53 Å². The van der Waals surface area contributed by atoms with Gasteiger partial charge in [0.25, 0.3) is 0 Å². The van der Waals surface area contributed by atoms with E-state index in [0.29, 0.717) is 0 Å². The molecule has 0 heterocycles. The summed E-state index contributed by atoms with van der Waals surface area (Å²) in [6, 6.07) is 0. The summed E-state index contributed by atoms with van der Waals surface area (Å²) in [5.74, 6) is -0.935. The Balaban J connectivity index is 0. The molecular weight excluding hydrogens is 208 g/mol. The molecule has 0 aromatic rings. The second kappa shape index (κ2) is 10.6. The van der Waals surface area contributed by atoms with Gasteiger partial charge >= 0.3 is 5.97 Å². The smallest absolute Gasteiger partial charge is 0.330 e. The fourth-order valence-corrected chi connectivity index (χ4v) is 0.749. The summed E-state index contributed by atoms with van der Waals surface area (Å²) >= 11 is 0. The molecule has 0 rings (SSSR count). The summed E-state index contributed by atoms with van der Waals surface area (Å²) in [4.78, 5) is 9.60. The third-order valence-electron chi connectivity index (χ3n) is 2.15. The van der Waals surface area contributed by atoms with Crippen LogP contribution in [0.5, 0.6) is 0 Å². The molecule has 0 bridgehead atoms. The number of hydrogen-bond acceptors (Lipinski definition) is 3. The molecule has 0 aliphatic heterocycles. The molecule has 2 unspecified atom stereocenters. The Morgan fingerprint density at radius 1 is 1.44 bits per heavy atom. The van der Waals surface area contributed by atoms with Crippen LogP contribution in [0.4, 0.5) is 0 Å². The van der Waals surface area contributed by atoms with Crippen molar-refractivity contribution in [3.63, 3.8) is 0 Å². The minimum atomic E-state index is -0.935. The van der Waals surface area contributed by atoms with Crippen LogP contribution in [0.15, 0.2) is 12.2 Å². The van der Waals surface area contributed by atoms with Gasteiger partial charge in [-0.3, -0.25) is 0 Å². The Hall–Kier alpha value is -0.870. The lowest BCUT2D eigenvalue weighted by Gasteiger charge is -2.11. The lowest BCUT2D eigenvalue weighted by molar-refractivity contribution is -0.132. The first-order valence-corrected chi connectivity index (χ1v) is 5.44. The van der Waals surface area contributed by atoms with Gasteiger partial charge in [0.2, 0.25) is 0 Å². The number of aliphatic hydroxyl groups is 1. The van der Waals surface area contributed by atoms with Gasteiger partial charge in [0.15, 0.2) is 0 Å². The van der Waals surface area contributed by atoms with E-state index in [2.05, 4.69) is 6.58 Å². The van der Waals surface area contributed by atoms with E-state index in [9.17, 15) is 4.79 Å². The zero-order valence-corrected chi connectivity index (χ0v) is 10.7. The fourth-order valence-electron chi connectivity index (χ4n) is 0.749. The summed E-state index contributed by atoms with van der Waals surface area (Å²) in [7, 11) is 1.70. The van der Waals surface area contributed by atoms with Gasteiger partial charge in [-0.2, -0.15) is 0 Å². The normalized spacial score (nSPS) is 13.3. The van der Waals surface area contributed by atoms with Crippen LogP contribution >= 0.6 is 0 Å². The molecule has 0 aromatic heterocycles. The second-order valence-corrected chi connectivity index (χ2v) is 3.77. The largest absolute Gasteiger partial charge is 0.478 e. The third-order valence-corrected chi connectivity index (χ3v) is 2.15. The molecule has 0 radical (unpaired) electrons. The fraction of sp³-hybridized carbons (Fsp3) is 0.750. The van der Waals surface area contributed by atoms with Crippen molar-refractivity contribution in [2.24, 2.45) is 0 Å². The Bertz CT molecular complexity index is 179. The van der Waals surface area contributed by atoms with Gasteiger partial charge in [0.05, 0.1) is 12.2 Å². The van der Waals surface area contributed by atoms with Crippen LogP contribution in [-0.4, -0.2) is 35.5 Å². The lowest BCUT2D eigenvalue weighted by atomic mass is 10.1. The van der Waals surface area contributed by atoms with E-state index in [4.69, 9.17) is 14.9 Å². The van der Waals surface area contributed by atoms with E-state index in [-0.39, 0.29) is 17.8 Å². The molecule has 0 aliphatic carbocycles. The highest BCUT2D eigenvalue weighted by Crippen LogP contribution is 2.05. The number of aliphatic carboxylic acids is 1. The summed E-state index contributed by atoms with van der Waals surface area (Å²) in [6.45, 7) is 8.61. The van der Waals surface area contributed by atoms with Gasteiger partial charge in [-0.1, -0.05) is 13.5 Å². The quantitative estimate of drug-likeness (QED) is 0.689. The highest BCUT2D eigenvalue weighted by molar-refractivity contribution is 5.84. The number of methoxy groups -OCH3 is 1. The van der Waals surface area contributed by atoms with Crippen molar-refractivity contribution < 1.29 is 19.7 Å². The minimum absolute atomic E-state index is 0.141. The van der Waals surface area contributed by atoms with E-state index in [0.717, 1.165) is 19.3 Å². The molecule has 0 aliphatic rings. The maximum atomic E-state index is 9.60. The summed E-state index contributed by atoms with van der Waals surface area (Å²) in [5, 5.41) is 17.0. The molecule has 4 nitrogen and oxygen atoms in total. The number of rotatable bonds is 6. The van der Waals surface area contributed by atoms with Crippen LogP contribution in [0.3, 0.4) is 0 Å². The predicted molar refractivity (Wildman–Crippen MR) is 64.5 cm³/mol. The van der Waals surface area contributed by atoms with Gasteiger partial charge in [0, 0.05) is 12.7 Å². The molecule has 2 atom stereocenters. The molecule has 4 heteroatoms. The molecular formula is C12H24O4. The second-order valence-electron chi connectivity index (χ2n) is 3.77. The topological polar surface area (TPSA) is 66.8 Å². The lowest BCUT2D eigenvalue weighted by Crippen LogP contribution is -2.11. The molecule has 0 saturated carbocycles. The standard InChI is InChI=1S/C8H18O2.C4H6O2/c1-4-8(9)6-5-7(2)10-3;1-3(2)4(5)6/h7-9H,4-6H2,1-3H3;1H2,2H3,(H,5,6). The van der Waals surface area contributed by atoms with Crippen molar-refractivity contribution in [1.82, 2.24) is 0 Å². The molecule has 0 saturated heterocycles. The number of carboxylic acid groups (broad SMARTS) is 1. The molecule has 0 amide bonds. The van der Waals surface area contributed by atoms with Crippen molar-refractivity contribution in [2.75, 3.05) is 7.11 Å². The minimum Gasteiger partial charge on any atom is -0.478 e.